The van der Waals surface area contributed by atoms with Crippen LogP contribution < -0.4 is 0 Å². The van der Waals surface area contributed by atoms with E-state index in [1.807, 2.05) is 0 Å². The number of nitrogens with zero attached hydrogens (tertiary/aromatic N) is 1. The quantitative estimate of drug-likeness (QED) is 0.704. The van der Waals surface area contributed by atoms with Gasteiger partial charge in [-0.05, 0) is 24.3 Å². The summed E-state index contributed by atoms with van der Waals surface area (Å²) in [5.74, 6) is -1.94. The van der Waals surface area contributed by atoms with Crippen molar-refractivity contribution >= 4 is 0 Å². The number of halogens is 5. The van der Waals surface area contributed by atoms with E-state index in [9.17, 15) is 22.0 Å². The minimum absolute atomic E-state index is 0.385. The highest BCUT2D eigenvalue weighted by Gasteiger charge is 2.34. The third-order valence-corrected chi connectivity index (χ3v) is 2.30. The van der Waals surface area contributed by atoms with E-state index in [2.05, 4.69) is 4.98 Å². The van der Waals surface area contributed by atoms with Crippen LogP contribution in [0.25, 0.3) is 11.3 Å². The Morgan fingerprint density at radius 3 is 2.33 bits per heavy atom. The van der Waals surface area contributed by atoms with E-state index in [0.29, 0.717) is 6.07 Å². The van der Waals surface area contributed by atoms with Crippen LogP contribution in [-0.4, -0.2) is 4.98 Å². The summed E-state index contributed by atoms with van der Waals surface area (Å²) >= 11 is 0. The van der Waals surface area contributed by atoms with Gasteiger partial charge in [-0.1, -0.05) is 0 Å². The van der Waals surface area contributed by atoms with Crippen molar-refractivity contribution in [3.63, 3.8) is 0 Å². The van der Waals surface area contributed by atoms with Crippen LogP contribution in [0, 0.1) is 11.6 Å². The molecule has 1 nitrogen and oxygen atoms in total. The molecule has 0 fully saturated rings. The molecule has 94 valence electrons. The monoisotopic (exact) mass is 259 g/mol. The summed E-state index contributed by atoms with van der Waals surface area (Å²) in [4.78, 5) is 3.52. The lowest BCUT2D eigenvalue weighted by molar-refractivity contribution is -0.137. The van der Waals surface area contributed by atoms with E-state index in [1.54, 1.807) is 0 Å². The third kappa shape index (κ3) is 2.32. The maximum atomic E-state index is 13.5. The second-order valence-corrected chi connectivity index (χ2v) is 3.52. The van der Waals surface area contributed by atoms with Crippen LogP contribution in [0.4, 0.5) is 22.0 Å². The van der Waals surface area contributed by atoms with Crippen molar-refractivity contribution < 1.29 is 22.0 Å². The molecular formula is C12H6F5N. The van der Waals surface area contributed by atoms with Gasteiger partial charge in [0.15, 0.2) is 0 Å². The first-order chi connectivity index (χ1) is 8.39. The molecule has 0 aliphatic carbocycles. The predicted octanol–water partition coefficient (Wildman–Crippen LogP) is 4.05. The highest BCUT2D eigenvalue weighted by atomic mass is 19.4. The highest BCUT2D eigenvalue weighted by Crippen LogP contribution is 2.36. The third-order valence-electron chi connectivity index (χ3n) is 2.30. The zero-order chi connectivity index (χ0) is 13.3. The molecule has 1 aromatic heterocycles. The molecule has 0 atom stereocenters. The van der Waals surface area contributed by atoms with Crippen molar-refractivity contribution in [3.8, 4) is 11.3 Å². The van der Waals surface area contributed by atoms with Gasteiger partial charge in [0.1, 0.15) is 11.6 Å². The standard InChI is InChI=1S/C12H6F5N/c13-7-3-4-8(10(14)6-7)11-9(12(15,16)17)2-1-5-18-11/h1-6H. The summed E-state index contributed by atoms with van der Waals surface area (Å²) in [6.07, 6.45) is -3.53. The molecular weight excluding hydrogens is 253 g/mol. The minimum Gasteiger partial charge on any atom is -0.256 e. The molecule has 6 heteroatoms. The second kappa shape index (κ2) is 4.36. The Hall–Kier alpha value is -1.98. The lowest BCUT2D eigenvalue weighted by Gasteiger charge is -2.12. The number of aromatic nitrogens is 1. The first-order valence-corrected chi connectivity index (χ1v) is 4.87. The van der Waals surface area contributed by atoms with E-state index in [4.69, 9.17) is 0 Å². The van der Waals surface area contributed by atoms with Crippen molar-refractivity contribution in [2.24, 2.45) is 0 Å². The fourth-order valence-corrected chi connectivity index (χ4v) is 1.53. The van der Waals surface area contributed by atoms with Gasteiger partial charge in [-0.2, -0.15) is 13.2 Å². The molecule has 0 unspecified atom stereocenters. The molecule has 0 amide bonds. The fourth-order valence-electron chi connectivity index (χ4n) is 1.53. The fraction of sp³-hybridized carbons (Fsp3) is 0.0833. The zero-order valence-corrected chi connectivity index (χ0v) is 8.80. The lowest BCUT2D eigenvalue weighted by Crippen LogP contribution is -2.08. The maximum Gasteiger partial charge on any atom is 0.418 e. The summed E-state index contributed by atoms with van der Waals surface area (Å²) in [5, 5.41) is 0. The summed E-state index contributed by atoms with van der Waals surface area (Å²) < 4.78 is 64.3. The molecule has 0 bridgehead atoms. The van der Waals surface area contributed by atoms with Crippen molar-refractivity contribution in [1.82, 2.24) is 4.98 Å². The van der Waals surface area contributed by atoms with E-state index < -0.39 is 29.1 Å². The van der Waals surface area contributed by atoms with Gasteiger partial charge in [0.05, 0.1) is 11.3 Å². The van der Waals surface area contributed by atoms with Gasteiger partial charge in [0, 0.05) is 17.8 Å². The molecule has 2 aromatic rings. The number of benzene rings is 1. The minimum atomic E-state index is -4.65. The first-order valence-electron chi connectivity index (χ1n) is 4.87. The van der Waals surface area contributed by atoms with E-state index in [-0.39, 0.29) is 5.56 Å². The molecule has 1 heterocycles. The maximum absolute atomic E-state index is 13.5. The van der Waals surface area contributed by atoms with Crippen molar-refractivity contribution in [1.29, 1.82) is 0 Å². The molecule has 0 radical (unpaired) electrons. The number of rotatable bonds is 1. The molecule has 2 rings (SSSR count). The normalized spacial score (nSPS) is 11.6. The summed E-state index contributed by atoms with van der Waals surface area (Å²) in [7, 11) is 0. The predicted molar refractivity (Wildman–Crippen MR) is 54.6 cm³/mol. The highest BCUT2D eigenvalue weighted by molar-refractivity contribution is 5.64. The number of hydrogen-bond donors (Lipinski definition) is 0. The van der Waals surface area contributed by atoms with Gasteiger partial charge < -0.3 is 0 Å². The Kier molecular flexibility index (Phi) is 3.02. The van der Waals surface area contributed by atoms with Crippen LogP contribution in [0.5, 0.6) is 0 Å². The van der Waals surface area contributed by atoms with Crippen LogP contribution in [0.1, 0.15) is 5.56 Å². The average Bonchev–Trinajstić information content (AvgIpc) is 2.28. The van der Waals surface area contributed by atoms with Crippen LogP contribution in [0.15, 0.2) is 36.5 Å². The number of hydrogen-bond acceptors (Lipinski definition) is 1. The molecule has 0 saturated heterocycles. The number of alkyl halides is 3. The van der Waals surface area contributed by atoms with Crippen molar-refractivity contribution in [3.05, 3.63) is 53.7 Å². The van der Waals surface area contributed by atoms with E-state index in [1.165, 1.54) is 0 Å². The first kappa shape index (κ1) is 12.5. The average molecular weight is 259 g/mol. The smallest absolute Gasteiger partial charge is 0.256 e. The lowest BCUT2D eigenvalue weighted by atomic mass is 10.0. The Bertz CT molecular complexity index is 577. The summed E-state index contributed by atoms with van der Waals surface area (Å²) in [6, 6.07) is 4.23. The molecule has 18 heavy (non-hydrogen) atoms. The van der Waals surface area contributed by atoms with Crippen molar-refractivity contribution in [2.75, 3.05) is 0 Å². The summed E-state index contributed by atoms with van der Waals surface area (Å²) in [5.41, 5.74) is -2.00. The van der Waals surface area contributed by atoms with E-state index >= 15 is 0 Å². The zero-order valence-electron chi connectivity index (χ0n) is 8.80. The van der Waals surface area contributed by atoms with Gasteiger partial charge in [0.25, 0.3) is 0 Å². The molecule has 0 aliphatic rings. The van der Waals surface area contributed by atoms with Crippen LogP contribution in [0.2, 0.25) is 0 Å². The van der Waals surface area contributed by atoms with Gasteiger partial charge >= 0.3 is 6.18 Å². The largest absolute Gasteiger partial charge is 0.418 e. The number of pyridine rings is 1. The van der Waals surface area contributed by atoms with Gasteiger partial charge in [-0.15, -0.1) is 0 Å². The Morgan fingerprint density at radius 2 is 1.72 bits per heavy atom. The SMILES string of the molecule is Fc1ccc(-c2ncccc2C(F)(F)F)c(F)c1. The van der Waals surface area contributed by atoms with Gasteiger partial charge in [0.2, 0.25) is 0 Å². The van der Waals surface area contributed by atoms with Gasteiger partial charge in [-0.25, -0.2) is 8.78 Å². The van der Waals surface area contributed by atoms with E-state index in [0.717, 1.165) is 30.5 Å². The van der Waals surface area contributed by atoms with Crippen molar-refractivity contribution in [2.45, 2.75) is 6.18 Å². The molecule has 1 aromatic carbocycles. The molecule has 0 spiro atoms. The molecule has 0 aliphatic heterocycles. The Balaban J connectivity index is 2.64. The Labute approximate surface area is 98.9 Å². The summed E-state index contributed by atoms with van der Waals surface area (Å²) in [6.45, 7) is 0. The topological polar surface area (TPSA) is 12.9 Å². The van der Waals surface area contributed by atoms with Crippen LogP contribution in [-0.2, 0) is 6.18 Å². The van der Waals surface area contributed by atoms with Gasteiger partial charge in [-0.3, -0.25) is 4.98 Å². The second-order valence-electron chi connectivity index (χ2n) is 3.52. The van der Waals surface area contributed by atoms with Crippen LogP contribution in [0.3, 0.4) is 0 Å². The van der Waals surface area contributed by atoms with Crippen LogP contribution >= 0.6 is 0 Å². The molecule has 0 N–H and O–H groups in total. The Morgan fingerprint density at radius 1 is 1.00 bits per heavy atom. The molecule has 0 saturated carbocycles.